The molecular weight excluding hydrogens is 472 g/mol. The van der Waals surface area contributed by atoms with Gasteiger partial charge < -0.3 is 28.8 Å². The van der Waals surface area contributed by atoms with Gasteiger partial charge in [0.15, 0.2) is 11.5 Å². The number of amides is 1. The Morgan fingerprint density at radius 3 is 2.19 bits per heavy atom. The van der Waals surface area contributed by atoms with Gasteiger partial charge in [-0.15, -0.1) is 0 Å². The summed E-state index contributed by atoms with van der Waals surface area (Å²) in [4.78, 5) is 31.5. The Labute approximate surface area is 215 Å². The molecule has 0 unspecified atom stereocenters. The molecule has 1 aromatic heterocycles. The number of nitrogens with zero attached hydrogens (tertiary/aromatic N) is 1. The molecule has 0 spiro atoms. The van der Waals surface area contributed by atoms with E-state index >= 15 is 0 Å². The molecule has 192 valence electrons. The molecule has 0 atom stereocenters. The van der Waals surface area contributed by atoms with Crippen molar-refractivity contribution < 1.29 is 23.7 Å². The molecule has 0 saturated carbocycles. The van der Waals surface area contributed by atoms with Gasteiger partial charge in [-0.3, -0.25) is 9.59 Å². The molecule has 0 aliphatic carbocycles. The number of hydrogen-bond donors (Lipinski definition) is 1. The van der Waals surface area contributed by atoms with Gasteiger partial charge in [-0.1, -0.05) is 18.2 Å². The van der Waals surface area contributed by atoms with Crippen LogP contribution in [-0.4, -0.2) is 38.8 Å². The lowest BCUT2D eigenvalue weighted by molar-refractivity contribution is 0.0984. The van der Waals surface area contributed by atoms with Crippen LogP contribution in [0.5, 0.6) is 23.0 Å². The highest BCUT2D eigenvalue weighted by Gasteiger charge is 2.24. The number of ether oxygens (including phenoxy) is 4. The predicted molar refractivity (Wildman–Crippen MR) is 144 cm³/mol. The first kappa shape index (κ1) is 25.6. The summed E-state index contributed by atoms with van der Waals surface area (Å²) in [7, 11) is 4.49. The predicted octanol–water partition coefficient (Wildman–Crippen LogP) is 5.11. The van der Waals surface area contributed by atoms with Crippen molar-refractivity contribution in [3.8, 4) is 23.0 Å². The molecule has 3 aromatic carbocycles. The molecule has 4 aromatic rings. The van der Waals surface area contributed by atoms with Crippen LogP contribution < -0.4 is 29.4 Å². The number of carbonyl (C=O) groups is 1. The number of benzene rings is 3. The van der Waals surface area contributed by atoms with Gasteiger partial charge in [0.05, 0.1) is 40.0 Å². The number of H-pyrrole nitrogens is 1. The summed E-state index contributed by atoms with van der Waals surface area (Å²) in [6.07, 6.45) is 0. The van der Waals surface area contributed by atoms with Crippen LogP contribution in [-0.2, 0) is 6.54 Å². The Kier molecular flexibility index (Phi) is 7.67. The number of anilines is 1. The van der Waals surface area contributed by atoms with Gasteiger partial charge in [-0.2, -0.15) is 0 Å². The minimum Gasteiger partial charge on any atom is -0.494 e. The molecule has 8 nitrogen and oxygen atoms in total. The number of rotatable bonds is 9. The Hall–Kier alpha value is -4.46. The molecular formula is C29H30N2O6. The third-order valence-corrected chi connectivity index (χ3v) is 6.11. The first-order chi connectivity index (χ1) is 17.9. The first-order valence-corrected chi connectivity index (χ1v) is 11.9. The lowest BCUT2D eigenvalue weighted by atomic mass is 10.1. The summed E-state index contributed by atoms with van der Waals surface area (Å²) in [5.74, 6) is 1.44. The topological polar surface area (TPSA) is 90.1 Å². The zero-order valence-corrected chi connectivity index (χ0v) is 21.6. The van der Waals surface area contributed by atoms with E-state index in [-0.39, 0.29) is 18.0 Å². The zero-order valence-electron chi connectivity index (χ0n) is 21.6. The second kappa shape index (κ2) is 11.1. The average molecular weight is 503 g/mol. The minimum absolute atomic E-state index is 0.0443. The van der Waals surface area contributed by atoms with Gasteiger partial charge in [0.2, 0.25) is 5.75 Å². The maximum Gasteiger partial charge on any atom is 0.258 e. The normalized spacial score (nSPS) is 10.7. The van der Waals surface area contributed by atoms with Crippen molar-refractivity contribution >= 4 is 22.5 Å². The summed E-state index contributed by atoms with van der Waals surface area (Å²) < 4.78 is 21.9. The van der Waals surface area contributed by atoms with Gasteiger partial charge in [0, 0.05) is 16.8 Å². The summed E-state index contributed by atoms with van der Waals surface area (Å²) >= 11 is 0. The Bertz CT molecular complexity index is 1450. The fraction of sp³-hybridized carbons (Fsp3) is 0.241. The molecule has 0 bridgehead atoms. The smallest absolute Gasteiger partial charge is 0.258 e. The van der Waals surface area contributed by atoms with Crippen LogP contribution in [0.25, 0.3) is 10.9 Å². The molecule has 0 radical (unpaired) electrons. The van der Waals surface area contributed by atoms with Crippen LogP contribution >= 0.6 is 0 Å². The van der Waals surface area contributed by atoms with Gasteiger partial charge in [0.25, 0.3) is 11.5 Å². The van der Waals surface area contributed by atoms with Crippen molar-refractivity contribution in [3.05, 3.63) is 87.7 Å². The van der Waals surface area contributed by atoms with E-state index in [0.717, 1.165) is 16.5 Å². The zero-order chi connectivity index (χ0) is 26.5. The van der Waals surface area contributed by atoms with Gasteiger partial charge >= 0.3 is 0 Å². The van der Waals surface area contributed by atoms with E-state index in [9.17, 15) is 9.59 Å². The number of carbonyl (C=O) groups excluding carboxylic acids is 1. The van der Waals surface area contributed by atoms with E-state index in [2.05, 4.69) is 4.98 Å². The van der Waals surface area contributed by atoms with Crippen LogP contribution in [0, 0.1) is 6.92 Å². The van der Waals surface area contributed by atoms with Gasteiger partial charge in [0.1, 0.15) is 5.75 Å². The highest BCUT2D eigenvalue weighted by atomic mass is 16.5. The summed E-state index contributed by atoms with van der Waals surface area (Å²) in [5, 5.41) is 0.890. The number of aryl methyl sites for hydroxylation is 1. The van der Waals surface area contributed by atoms with E-state index < -0.39 is 0 Å². The fourth-order valence-electron chi connectivity index (χ4n) is 4.25. The van der Waals surface area contributed by atoms with E-state index in [0.29, 0.717) is 46.4 Å². The summed E-state index contributed by atoms with van der Waals surface area (Å²) in [5.41, 5.74) is 2.86. The SMILES string of the molecule is CCOc1ccc(N(Cc2cc3cccc(C)c3[nH]c2=O)C(=O)c2cc(OC)c(OC)c(OC)c2)cc1. The number of fused-ring (bicyclic) bond motifs is 1. The number of para-hydroxylation sites is 1. The van der Waals surface area contributed by atoms with Gasteiger partial charge in [-0.05, 0) is 67.3 Å². The molecule has 1 amide bonds. The van der Waals surface area contributed by atoms with Crippen molar-refractivity contribution in [1.29, 1.82) is 0 Å². The maximum atomic E-state index is 14.0. The molecule has 1 heterocycles. The number of aromatic amines is 1. The Morgan fingerprint density at radius 2 is 1.59 bits per heavy atom. The molecule has 4 rings (SSSR count). The first-order valence-electron chi connectivity index (χ1n) is 11.9. The molecule has 0 aliphatic rings. The fourth-order valence-corrected chi connectivity index (χ4v) is 4.25. The largest absolute Gasteiger partial charge is 0.494 e. The van der Waals surface area contributed by atoms with Crippen LogP contribution in [0.1, 0.15) is 28.4 Å². The second-order valence-electron chi connectivity index (χ2n) is 8.40. The lowest BCUT2D eigenvalue weighted by Crippen LogP contribution is -2.33. The van der Waals surface area contributed by atoms with Crippen molar-refractivity contribution in [2.75, 3.05) is 32.8 Å². The Morgan fingerprint density at radius 1 is 0.919 bits per heavy atom. The third-order valence-electron chi connectivity index (χ3n) is 6.11. The van der Waals surface area contributed by atoms with Crippen LogP contribution in [0.4, 0.5) is 5.69 Å². The maximum absolute atomic E-state index is 14.0. The minimum atomic E-state index is -0.341. The number of pyridine rings is 1. The number of hydrogen-bond acceptors (Lipinski definition) is 6. The van der Waals surface area contributed by atoms with Crippen molar-refractivity contribution in [1.82, 2.24) is 4.98 Å². The monoisotopic (exact) mass is 502 g/mol. The standard InChI is InChI=1S/C29H30N2O6/c1-6-37-23-12-10-22(11-13-23)31(17-21-14-19-9-7-8-18(2)26(19)30-28(21)32)29(33)20-15-24(34-3)27(36-5)25(16-20)35-4/h7-16H,6,17H2,1-5H3,(H,30,32). The molecule has 8 heteroatoms. The van der Waals surface area contributed by atoms with Crippen molar-refractivity contribution in [2.45, 2.75) is 20.4 Å². The van der Waals surface area contributed by atoms with Crippen molar-refractivity contribution in [3.63, 3.8) is 0 Å². The third kappa shape index (κ3) is 5.23. The van der Waals surface area contributed by atoms with E-state index in [4.69, 9.17) is 18.9 Å². The quantitative estimate of drug-likeness (QED) is 0.342. The Balaban J connectivity index is 1.82. The van der Waals surface area contributed by atoms with E-state index in [1.54, 1.807) is 41.3 Å². The summed E-state index contributed by atoms with van der Waals surface area (Å²) in [6, 6.07) is 18.0. The number of nitrogens with one attached hydrogen (secondary N) is 1. The molecule has 0 fully saturated rings. The highest BCUT2D eigenvalue weighted by Crippen LogP contribution is 2.39. The molecule has 37 heavy (non-hydrogen) atoms. The second-order valence-corrected chi connectivity index (χ2v) is 8.40. The average Bonchev–Trinajstić information content (AvgIpc) is 2.92. The summed E-state index contributed by atoms with van der Waals surface area (Å²) in [6.45, 7) is 4.42. The lowest BCUT2D eigenvalue weighted by Gasteiger charge is -2.24. The number of methoxy groups -OCH3 is 3. The van der Waals surface area contributed by atoms with Crippen LogP contribution in [0.2, 0.25) is 0 Å². The highest BCUT2D eigenvalue weighted by molar-refractivity contribution is 6.07. The molecule has 0 aliphatic heterocycles. The van der Waals surface area contributed by atoms with Gasteiger partial charge in [-0.25, -0.2) is 0 Å². The van der Waals surface area contributed by atoms with E-state index in [1.807, 2.05) is 38.1 Å². The van der Waals surface area contributed by atoms with E-state index in [1.165, 1.54) is 21.3 Å². The molecule has 0 saturated heterocycles. The van der Waals surface area contributed by atoms with Crippen molar-refractivity contribution in [2.24, 2.45) is 0 Å². The number of aromatic nitrogens is 1. The molecule has 1 N–H and O–H groups in total. The van der Waals surface area contributed by atoms with Crippen LogP contribution in [0.3, 0.4) is 0 Å². The van der Waals surface area contributed by atoms with Crippen LogP contribution in [0.15, 0.2) is 65.5 Å².